The first kappa shape index (κ1) is 11.1. The highest BCUT2D eigenvalue weighted by atomic mass is 14.4. The summed E-state index contributed by atoms with van der Waals surface area (Å²) in [5, 5.41) is 0. The maximum Gasteiger partial charge on any atom is -0.0355 e. The van der Waals surface area contributed by atoms with Crippen LogP contribution in [0.25, 0.3) is 0 Å². The van der Waals surface area contributed by atoms with Gasteiger partial charge in [0.05, 0.1) is 0 Å². The smallest absolute Gasteiger partial charge is 0.0355 e. The molecule has 0 radical (unpaired) electrons. The van der Waals surface area contributed by atoms with E-state index in [4.69, 9.17) is 0 Å². The van der Waals surface area contributed by atoms with E-state index < -0.39 is 0 Å². The minimum absolute atomic E-state index is 1.14. The van der Waals surface area contributed by atoms with Crippen LogP contribution in [0.5, 0.6) is 0 Å². The first-order valence-corrected chi connectivity index (χ1v) is 7.95. The molecular weight excluding hydrogens is 192 g/mol. The second-order valence-electron chi connectivity index (χ2n) is 6.70. The van der Waals surface area contributed by atoms with Crippen LogP contribution in [0.4, 0.5) is 0 Å². The van der Waals surface area contributed by atoms with Crippen LogP contribution in [0, 0.1) is 23.7 Å². The molecule has 92 valence electrons. The van der Waals surface area contributed by atoms with Crippen molar-refractivity contribution in [1.29, 1.82) is 0 Å². The molecule has 3 fully saturated rings. The van der Waals surface area contributed by atoms with Crippen molar-refractivity contribution in [2.45, 2.75) is 77.0 Å². The number of fused-ring (bicyclic) bond motifs is 1. The molecule has 0 aromatic carbocycles. The maximum atomic E-state index is 1.59. The Kier molecular flexibility index (Phi) is 3.54. The van der Waals surface area contributed by atoms with Gasteiger partial charge in [0.25, 0.3) is 0 Å². The lowest BCUT2D eigenvalue weighted by Crippen LogP contribution is -2.35. The molecule has 0 spiro atoms. The quantitative estimate of drug-likeness (QED) is 0.571. The summed E-state index contributed by atoms with van der Waals surface area (Å²) >= 11 is 0. The van der Waals surface area contributed by atoms with E-state index in [2.05, 4.69) is 0 Å². The zero-order valence-corrected chi connectivity index (χ0v) is 10.8. The summed E-state index contributed by atoms with van der Waals surface area (Å²) in [6, 6.07) is 0. The van der Waals surface area contributed by atoms with Gasteiger partial charge in [0.2, 0.25) is 0 Å². The van der Waals surface area contributed by atoms with E-state index in [1.165, 1.54) is 6.42 Å². The van der Waals surface area contributed by atoms with Gasteiger partial charge in [-0.15, -0.1) is 0 Å². The minimum Gasteiger partial charge on any atom is -0.0533 e. The number of rotatable bonds is 1. The third-order valence-corrected chi connectivity index (χ3v) is 5.89. The molecule has 3 aliphatic carbocycles. The molecular formula is C16H28. The molecule has 0 N–H and O–H groups in total. The van der Waals surface area contributed by atoms with Crippen molar-refractivity contribution >= 4 is 0 Å². The van der Waals surface area contributed by atoms with Crippen molar-refractivity contribution in [2.24, 2.45) is 23.7 Å². The molecule has 16 heavy (non-hydrogen) atoms. The number of hydrogen-bond acceptors (Lipinski definition) is 0. The molecule has 0 heteroatoms. The summed E-state index contributed by atoms with van der Waals surface area (Å²) in [6.07, 6.45) is 18.7. The molecule has 0 heterocycles. The third-order valence-electron chi connectivity index (χ3n) is 5.89. The minimum atomic E-state index is 1.14. The largest absolute Gasteiger partial charge is 0.0533 e. The van der Waals surface area contributed by atoms with Crippen molar-refractivity contribution in [2.75, 3.05) is 0 Å². The van der Waals surface area contributed by atoms with E-state index in [-0.39, 0.29) is 0 Å². The van der Waals surface area contributed by atoms with Gasteiger partial charge >= 0.3 is 0 Å². The molecule has 0 aromatic rings. The maximum absolute atomic E-state index is 1.59. The van der Waals surface area contributed by atoms with Gasteiger partial charge in [-0.3, -0.25) is 0 Å². The standard InChI is InChI=1S/C16H28/c1-2-7-13(8-3-1)16-12-6-10-14-9-4-5-11-15(14)16/h13-16H,1-12H2. The van der Waals surface area contributed by atoms with Crippen LogP contribution in [-0.2, 0) is 0 Å². The normalized spacial score (nSPS) is 41.6. The Morgan fingerprint density at radius 1 is 0.375 bits per heavy atom. The predicted molar refractivity (Wildman–Crippen MR) is 69.4 cm³/mol. The Labute approximate surface area is 101 Å². The van der Waals surface area contributed by atoms with E-state index in [9.17, 15) is 0 Å². The second-order valence-corrected chi connectivity index (χ2v) is 6.70. The number of hydrogen-bond donors (Lipinski definition) is 0. The van der Waals surface area contributed by atoms with Crippen LogP contribution >= 0.6 is 0 Å². The van der Waals surface area contributed by atoms with Crippen molar-refractivity contribution in [3.63, 3.8) is 0 Å². The van der Waals surface area contributed by atoms with Gasteiger partial charge in [-0.25, -0.2) is 0 Å². The van der Waals surface area contributed by atoms with Crippen molar-refractivity contribution in [3.8, 4) is 0 Å². The Bertz CT molecular complexity index is 212. The van der Waals surface area contributed by atoms with E-state index in [1.54, 1.807) is 70.6 Å². The zero-order valence-electron chi connectivity index (χ0n) is 10.8. The van der Waals surface area contributed by atoms with E-state index >= 15 is 0 Å². The molecule has 0 aliphatic heterocycles. The van der Waals surface area contributed by atoms with Crippen LogP contribution in [0.3, 0.4) is 0 Å². The average molecular weight is 220 g/mol. The first-order valence-electron chi connectivity index (χ1n) is 7.95. The zero-order chi connectivity index (χ0) is 10.8. The van der Waals surface area contributed by atoms with Crippen molar-refractivity contribution in [3.05, 3.63) is 0 Å². The molecule has 0 amide bonds. The monoisotopic (exact) mass is 220 g/mol. The van der Waals surface area contributed by atoms with E-state index in [1.807, 2.05) is 0 Å². The van der Waals surface area contributed by atoms with Crippen LogP contribution < -0.4 is 0 Å². The summed E-state index contributed by atoms with van der Waals surface area (Å²) < 4.78 is 0. The summed E-state index contributed by atoms with van der Waals surface area (Å²) in [4.78, 5) is 0. The summed E-state index contributed by atoms with van der Waals surface area (Å²) in [5.41, 5.74) is 0. The van der Waals surface area contributed by atoms with Gasteiger partial charge in [-0.2, -0.15) is 0 Å². The Balaban J connectivity index is 1.67. The molecule has 3 atom stereocenters. The molecule has 0 nitrogen and oxygen atoms in total. The van der Waals surface area contributed by atoms with E-state index in [0.717, 1.165) is 23.7 Å². The summed E-state index contributed by atoms with van der Waals surface area (Å²) in [7, 11) is 0. The van der Waals surface area contributed by atoms with Crippen LogP contribution in [0.2, 0.25) is 0 Å². The highest BCUT2D eigenvalue weighted by Crippen LogP contribution is 2.49. The van der Waals surface area contributed by atoms with Gasteiger partial charge in [0, 0.05) is 0 Å². The lowest BCUT2D eigenvalue weighted by molar-refractivity contribution is 0.0500. The summed E-state index contributed by atoms with van der Waals surface area (Å²) in [5.74, 6) is 4.60. The average Bonchev–Trinajstić information content (AvgIpc) is 2.39. The Morgan fingerprint density at radius 3 is 1.50 bits per heavy atom. The molecule has 0 aromatic heterocycles. The SMILES string of the molecule is C1CCC(C2CCCC3CCCCC32)CC1. The van der Waals surface area contributed by atoms with Gasteiger partial charge in [0.15, 0.2) is 0 Å². The Morgan fingerprint density at radius 2 is 0.812 bits per heavy atom. The topological polar surface area (TPSA) is 0 Å². The molecule has 0 bridgehead atoms. The fourth-order valence-electron chi connectivity index (χ4n) is 5.14. The lowest BCUT2D eigenvalue weighted by atomic mass is 9.60. The highest BCUT2D eigenvalue weighted by Gasteiger charge is 2.38. The van der Waals surface area contributed by atoms with Gasteiger partial charge in [-0.1, -0.05) is 64.2 Å². The predicted octanol–water partition coefficient (Wildman–Crippen LogP) is 5.17. The second kappa shape index (κ2) is 5.10. The van der Waals surface area contributed by atoms with Crippen molar-refractivity contribution < 1.29 is 0 Å². The molecule has 3 aliphatic rings. The molecule has 3 rings (SSSR count). The highest BCUT2D eigenvalue weighted by molar-refractivity contribution is 4.89. The van der Waals surface area contributed by atoms with Gasteiger partial charge in [0.1, 0.15) is 0 Å². The van der Waals surface area contributed by atoms with Crippen molar-refractivity contribution in [1.82, 2.24) is 0 Å². The molecule has 3 unspecified atom stereocenters. The van der Waals surface area contributed by atoms with Gasteiger partial charge < -0.3 is 0 Å². The fourth-order valence-corrected chi connectivity index (χ4v) is 5.14. The van der Waals surface area contributed by atoms with Gasteiger partial charge in [-0.05, 0) is 36.5 Å². The van der Waals surface area contributed by atoms with Crippen LogP contribution in [0.15, 0.2) is 0 Å². The van der Waals surface area contributed by atoms with Crippen LogP contribution in [-0.4, -0.2) is 0 Å². The molecule has 0 saturated heterocycles. The third kappa shape index (κ3) is 2.17. The molecule has 3 saturated carbocycles. The lowest BCUT2D eigenvalue weighted by Gasteiger charge is -2.45. The summed E-state index contributed by atoms with van der Waals surface area (Å²) in [6.45, 7) is 0. The first-order chi connectivity index (χ1) is 7.95. The Hall–Kier alpha value is 0. The van der Waals surface area contributed by atoms with E-state index in [0.29, 0.717) is 0 Å². The van der Waals surface area contributed by atoms with Crippen LogP contribution in [0.1, 0.15) is 77.0 Å². The fraction of sp³-hybridized carbons (Fsp3) is 1.00.